The number of aliphatic carboxylic acids is 1. The second-order valence-electron chi connectivity index (χ2n) is 9.87. The lowest BCUT2D eigenvalue weighted by Crippen LogP contribution is -2.26. The summed E-state index contributed by atoms with van der Waals surface area (Å²) in [7, 11) is 0. The molecule has 4 aromatic rings. The number of alkyl halides is 4. The van der Waals surface area contributed by atoms with E-state index >= 15 is 0 Å². The summed E-state index contributed by atoms with van der Waals surface area (Å²) in [6.45, 7) is 0.00203. The number of carboxylic acid groups (broad SMARTS) is 1. The summed E-state index contributed by atoms with van der Waals surface area (Å²) < 4.78 is 56.2. The van der Waals surface area contributed by atoms with E-state index in [2.05, 4.69) is 15.0 Å². The van der Waals surface area contributed by atoms with Crippen molar-refractivity contribution in [3.8, 4) is 16.9 Å². The third kappa shape index (κ3) is 6.71. The number of carbonyl (C=O) groups is 2. The number of aromatic nitrogens is 1. The lowest BCUT2D eigenvalue weighted by atomic mass is 9.81. The monoisotopic (exact) mass is 578 g/mol. The third-order valence-electron chi connectivity index (χ3n) is 7.01. The number of hydrogen-bond donors (Lipinski definition) is 3. The van der Waals surface area contributed by atoms with E-state index in [0.717, 1.165) is 33.5 Å². The van der Waals surface area contributed by atoms with Crippen molar-refractivity contribution < 1.29 is 37.0 Å². The van der Waals surface area contributed by atoms with E-state index in [-0.39, 0.29) is 31.1 Å². The molecule has 10 heteroatoms. The largest absolute Gasteiger partial charge is 0.573 e. The second kappa shape index (κ2) is 11.9. The SMILES string of the molecule is O=C(O)CCNC(=O)c1ccc(C(c2cccc(-c3ccc(OC(F)(F)F)cc3)c2)c2c[nH]c3c2CC(F)C=C3)cc1. The number of amides is 1. The highest BCUT2D eigenvalue weighted by Crippen LogP contribution is 2.39. The number of nitrogens with one attached hydrogen (secondary N) is 2. The highest BCUT2D eigenvalue weighted by molar-refractivity contribution is 5.94. The van der Waals surface area contributed by atoms with Gasteiger partial charge >= 0.3 is 12.3 Å². The van der Waals surface area contributed by atoms with Gasteiger partial charge in [0.25, 0.3) is 5.91 Å². The fourth-order valence-corrected chi connectivity index (χ4v) is 5.09. The van der Waals surface area contributed by atoms with Crippen LogP contribution in [-0.4, -0.2) is 41.0 Å². The van der Waals surface area contributed by atoms with Crippen molar-refractivity contribution in [2.45, 2.75) is 31.3 Å². The highest BCUT2D eigenvalue weighted by atomic mass is 19.4. The number of allylic oxidation sites excluding steroid dienone is 1. The Morgan fingerprint density at radius 1 is 1.00 bits per heavy atom. The van der Waals surface area contributed by atoms with Crippen LogP contribution in [0.1, 0.15) is 50.6 Å². The smallest absolute Gasteiger partial charge is 0.481 e. The van der Waals surface area contributed by atoms with Crippen LogP contribution < -0.4 is 10.1 Å². The molecule has 0 bridgehead atoms. The minimum Gasteiger partial charge on any atom is -0.481 e. The molecule has 2 unspecified atom stereocenters. The normalized spacial score (nSPS) is 15.1. The van der Waals surface area contributed by atoms with Gasteiger partial charge in [0.2, 0.25) is 0 Å². The van der Waals surface area contributed by atoms with Crippen molar-refractivity contribution in [1.82, 2.24) is 10.3 Å². The van der Waals surface area contributed by atoms with E-state index in [1.54, 1.807) is 42.5 Å². The van der Waals surface area contributed by atoms with Gasteiger partial charge in [-0.3, -0.25) is 9.59 Å². The molecule has 42 heavy (non-hydrogen) atoms. The summed E-state index contributed by atoms with van der Waals surface area (Å²) in [6, 6.07) is 20.1. The molecule has 1 aromatic heterocycles. The molecule has 1 heterocycles. The van der Waals surface area contributed by atoms with Crippen LogP contribution in [0.25, 0.3) is 17.2 Å². The third-order valence-corrected chi connectivity index (χ3v) is 7.01. The molecule has 216 valence electrons. The van der Waals surface area contributed by atoms with E-state index in [9.17, 15) is 27.2 Å². The molecule has 0 fully saturated rings. The number of fused-ring (bicyclic) bond motifs is 1. The van der Waals surface area contributed by atoms with Crippen LogP contribution in [0.3, 0.4) is 0 Å². The van der Waals surface area contributed by atoms with E-state index in [0.29, 0.717) is 11.1 Å². The minimum atomic E-state index is -4.78. The molecule has 2 atom stereocenters. The summed E-state index contributed by atoms with van der Waals surface area (Å²) >= 11 is 0. The van der Waals surface area contributed by atoms with E-state index in [1.165, 1.54) is 18.2 Å². The van der Waals surface area contributed by atoms with E-state index in [4.69, 9.17) is 5.11 Å². The average Bonchev–Trinajstić information content (AvgIpc) is 3.35. The number of hydrogen-bond acceptors (Lipinski definition) is 3. The quantitative estimate of drug-likeness (QED) is 0.189. The van der Waals surface area contributed by atoms with Crippen LogP contribution >= 0.6 is 0 Å². The zero-order valence-electron chi connectivity index (χ0n) is 22.1. The Balaban J connectivity index is 1.50. The first-order valence-corrected chi connectivity index (χ1v) is 13.2. The predicted molar refractivity (Wildman–Crippen MR) is 149 cm³/mol. The van der Waals surface area contributed by atoms with Gasteiger partial charge < -0.3 is 20.1 Å². The lowest BCUT2D eigenvalue weighted by molar-refractivity contribution is -0.274. The Morgan fingerprint density at radius 2 is 1.74 bits per heavy atom. The zero-order chi connectivity index (χ0) is 29.9. The zero-order valence-corrected chi connectivity index (χ0v) is 22.1. The van der Waals surface area contributed by atoms with Crippen LogP contribution in [0.4, 0.5) is 17.6 Å². The number of halogens is 4. The summed E-state index contributed by atoms with van der Waals surface area (Å²) in [5.41, 5.74) is 6.00. The number of rotatable bonds is 9. The molecule has 5 rings (SSSR count). The van der Waals surface area contributed by atoms with Crippen LogP contribution in [0, 0.1) is 0 Å². The summed E-state index contributed by atoms with van der Waals surface area (Å²) in [5.74, 6) is -2.09. The maximum absolute atomic E-state index is 14.4. The Labute approximate surface area is 238 Å². The fourth-order valence-electron chi connectivity index (χ4n) is 5.09. The van der Waals surface area contributed by atoms with Gasteiger partial charge in [-0.1, -0.05) is 48.5 Å². The van der Waals surface area contributed by atoms with Crippen LogP contribution in [0.15, 0.2) is 85.1 Å². The summed E-state index contributed by atoms with van der Waals surface area (Å²) in [6.07, 6.45) is -0.840. The molecule has 3 aromatic carbocycles. The van der Waals surface area contributed by atoms with Crippen molar-refractivity contribution in [3.63, 3.8) is 0 Å². The van der Waals surface area contributed by atoms with Crippen molar-refractivity contribution in [1.29, 1.82) is 0 Å². The molecule has 0 spiro atoms. The standard InChI is InChI=1S/C32H26F4N2O4/c33-24-10-13-28-26(17-24)27(18-38-28)30(20-4-6-21(7-5-20)31(41)37-15-14-29(39)40)23-3-1-2-22(16-23)19-8-11-25(12-9-19)42-32(34,35)36/h1-13,16,18,24,30,38H,14-15,17H2,(H,37,41)(H,39,40). The Bertz CT molecular complexity index is 1610. The van der Waals surface area contributed by atoms with Gasteiger partial charge in [-0.2, -0.15) is 0 Å². The van der Waals surface area contributed by atoms with Gasteiger partial charge in [0.15, 0.2) is 0 Å². The average molecular weight is 579 g/mol. The first kappa shape index (κ1) is 28.7. The summed E-state index contributed by atoms with van der Waals surface area (Å²) in [4.78, 5) is 26.5. The number of carbonyl (C=O) groups excluding carboxylic acids is 1. The van der Waals surface area contributed by atoms with Crippen molar-refractivity contribution in [2.24, 2.45) is 0 Å². The van der Waals surface area contributed by atoms with Gasteiger partial charge in [0.1, 0.15) is 11.9 Å². The predicted octanol–water partition coefficient (Wildman–Crippen LogP) is 6.87. The first-order valence-electron chi connectivity index (χ1n) is 13.2. The topological polar surface area (TPSA) is 91.4 Å². The number of carboxylic acids is 1. The molecule has 0 radical (unpaired) electrons. The van der Waals surface area contributed by atoms with Gasteiger partial charge in [-0.15, -0.1) is 13.2 Å². The molecule has 3 N–H and O–H groups in total. The number of ether oxygens (including phenoxy) is 1. The second-order valence-corrected chi connectivity index (χ2v) is 9.87. The molecular weight excluding hydrogens is 552 g/mol. The Kier molecular flexibility index (Phi) is 8.15. The molecule has 1 aliphatic rings. The molecule has 0 aliphatic heterocycles. The van der Waals surface area contributed by atoms with Crippen molar-refractivity contribution in [3.05, 3.63) is 119 Å². The van der Waals surface area contributed by atoms with Crippen LogP contribution in [0.5, 0.6) is 5.75 Å². The van der Waals surface area contributed by atoms with Crippen molar-refractivity contribution >= 4 is 18.0 Å². The highest BCUT2D eigenvalue weighted by Gasteiger charge is 2.31. The maximum Gasteiger partial charge on any atom is 0.573 e. The number of benzene rings is 3. The van der Waals surface area contributed by atoms with Gasteiger partial charge in [0, 0.05) is 36.3 Å². The molecular formula is C32H26F4N2O4. The molecule has 6 nitrogen and oxygen atoms in total. The summed E-state index contributed by atoms with van der Waals surface area (Å²) in [5, 5.41) is 11.4. The molecule has 0 saturated heterocycles. The first-order chi connectivity index (χ1) is 20.1. The van der Waals surface area contributed by atoms with E-state index in [1.807, 2.05) is 30.5 Å². The minimum absolute atomic E-state index is 0.00203. The van der Waals surface area contributed by atoms with Gasteiger partial charge in [0.05, 0.1) is 6.42 Å². The van der Waals surface area contributed by atoms with E-state index < -0.39 is 24.4 Å². The molecule has 1 aliphatic carbocycles. The van der Waals surface area contributed by atoms with Crippen LogP contribution in [0.2, 0.25) is 0 Å². The van der Waals surface area contributed by atoms with Gasteiger partial charge in [-0.05, 0) is 69.8 Å². The lowest BCUT2D eigenvalue weighted by Gasteiger charge is -2.22. The Morgan fingerprint density at radius 3 is 2.43 bits per heavy atom. The van der Waals surface area contributed by atoms with Gasteiger partial charge in [-0.25, -0.2) is 4.39 Å². The van der Waals surface area contributed by atoms with Crippen LogP contribution in [-0.2, 0) is 11.2 Å². The molecule has 1 amide bonds. The number of aromatic amines is 1. The maximum atomic E-state index is 14.4. The van der Waals surface area contributed by atoms with Crippen molar-refractivity contribution in [2.75, 3.05) is 6.54 Å². The molecule has 0 saturated carbocycles. The fraction of sp³-hybridized carbons (Fsp3) is 0.188. The number of H-pyrrole nitrogens is 1. The Hall–Kier alpha value is -4.86.